The van der Waals surface area contributed by atoms with Gasteiger partial charge in [-0.05, 0) is 37.5 Å². The zero-order chi connectivity index (χ0) is 16.1. The number of esters is 1. The molecule has 0 aromatic carbocycles. The van der Waals surface area contributed by atoms with E-state index in [1.807, 2.05) is 4.31 Å². The van der Waals surface area contributed by atoms with Crippen LogP contribution in [0, 0.1) is 11.8 Å². The molecule has 0 bridgehead atoms. The van der Waals surface area contributed by atoms with Crippen LogP contribution < -0.4 is 0 Å². The molecule has 0 aliphatic carbocycles. The highest BCUT2D eigenvalue weighted by Crippen LogP contribution is 2.32. The Bertz CT molecular complexity index is 427. The minimum atomic E-state index is -0.851. The van der Waals surface area contributed by atoms with Crippen LogP contribution in [0.4, 0.5) is 0 Å². The van der Waals surface area contributed by atoms with Crippen LogP contribution >= 0.6 is 0 Å². The van der Waals surface area contributed by atoms with Crippen LogP contribution in [-0.2, 0) is 25.3 Å². The fraction of sp³-hybridized carbons (Fsp3) is 0.867. The van der Waals surface area contributed by atoms with Crippen LogP contribution in [-0.4, -0.2) is 64.3 Å². The smallest absolute Gasteiger partial charge is 0.303 e. The van der Waals surface area contributed by atoms with E-state index in [4.69, 9.17) is 4.74 Å². The molecule has 0 spiro atoms. The van der Waals surface area contributed by atoms with Crippen molar-refractivity contribution in [3.63, 3.8) is 0 Å². The molecule has 2 heterocycles. The average Bonchev–Trinajstić information content (AvgIpc) is 2.53. The van der Waals surface area contributed by atoms with Crippen LogP contribution in [0.3, 0.4) is 0 Å². The van der Waals surface area contributed by atoms with Gasteiger partial charge in [-0.2, -0.15) is 0 Å². The number of likely N-dealkylation sites (tertiary alicyclic amines) is 1. The summed E-state index contributed by atoms with van der Waals surface area (Å²) in [5, 5.41) is 0. The molecule has 1 unspecified atom stereocenters. The Balaban J connectivity index is 1.72. The number of hydrogen-bond donors (Lipinski definition) is 0. The highest BCUT2D eigenvalue weighted by Gasteiger charge is 2.31. The highest BCUT2D eigenvalue weighted by atomic mass is 32.2. The zero-order valence-corrected chi connectivity index (χ0v) is 14.3. The van der Waals surface area contributed by atoms with Crippen molar-refractivity contribution in [2.75, 3.05) is 39.0 Å². The van der Waals surface area contributed by atoms with E-state index in [1.165, 1.54) is 6.92 Å². The van der Waals surface area contributed by atoms with E-state index >= 15 is 0 Å². The summed E-state index contributed by atoms with van der Waals surface area (Å²) in [6.07, 6.45) is 5.99. The Labute approximate surface area is 134 Å². The number of amides is 1. The van der Waals surface area contributed by atoms with Gasteiger partial charge in [-0.15, -0.1) is 0 Å². The molecule has 7 heteroatoms. The lowest BCUT2D eigenvalue weighted by Gasteiger charge is -2.39. The average molecular weight is 330 g/mol. The Kier molecular flexibility index (Phi) is 6.37. The molecular formula is C15H26N2O4S. The fourth-order valence-corrected chi connectivity index (χ4v) is 4.20. The Morgan fingerprint density at radius 2 is 1.55 bits per heavy atom. The normalized spacial score (nSPS) is 23.3. The minimum Gasteiger partial charge on any atom is -0.456 e. The van der Waals surface area contributed by atoms with Crippen molar-refractivity contribution >= 4 is 22.9 Å². The number of carbonyl (C=O) groups excluding carboxylic acids is 2. The van der Waals surface area contributed by atoms with E-state index in [1.54, 1.807) is 11.2 Å². The monoisotopic (exact) mass is 330 g/mol. The van der Waals surface area contributed by atoms with E-state index in [-0.39, 0.29) is 12.5 Å². The van der Waals surface area contributed by atoms with Gasteiger partial charge in [0.05, 0.1) is 11.0 Å². The third-order valence-electron chi connectivity index (χ3n) is 4.82. The van der Waals surface area contributed by atoms with E-state index in [9.17, 15) is 13.8 Å². The standard InChI is InChI=1S/C15H26N2O4S/c1-12(18)21-11-15(19)16-7-3-13(4-8-16)14-5-9-17(10-6-14)22(2)20/h13-14H,3-11H2,1-2H3. The molecule has 126 valence electrons. The van der Waals surface area contributed by atoms with Crippen LogP contribution in [0.15, 0.2) is 0 Å². The molecule has 2 rings (SSSR count). The first-order chi connectivity index (χ1) is 10.5. The second-order valence-corrected chi connectivity index (χ2v) is 7.55. The molecule has 0 saturated carbocycles. The van der Waals surface area contributed by atoms with Crippen molar-refractivity contribution in [3.8, 4) is 0 Å². The number of carbonyl (C=O) groups is 2. The second-order valence-electron chi connectivity index (χ2n) is 6.19. The van der Waals surface area contributed by atoms with Gasteiger partial charge in [0, 0.05) is 39.4 Å². The van der Waals surface area contributed by atoms with Crippen LogP contribution in [0.2, 0.25) is 0 Å². The minimum absolute atomic E-state index is 0.0927. The van der Waals surface area contributed by atoms with Crippen LogP contribution in [0.25, 0.3) is 0 Å². The highest BCUT2D eigenvalue weighted by molar-refractivity contribution is 7.81. The van der Waals surface area contributed by atoms with Gasteiger partial charge in [0.15, 0.2) is 6.61 Å². The van der Waals surface area contributed by atoms with Gasteiger partial charge in [0.1, 0.15) is 0 Å². The first kappa shape index (κ1) is 17.4. The van der Waals surface area contributed by atoms with E-state index in [2.05, 4.69) is 0 Å². The van der Waals surface area contributed by atoms with Gasteiger partial charge in [-0.25, -0.2) is 8.51 Å². The Morgan fingerprint density at radius 3 is 2.00 bits per heavy atom. The molecule has 1 amide bonds. The van der Waals surface area contributed by atoms with Crippen molar-refractivity contribution in [3.05, 3.63) is 0 Å². The van der Waals surface area contributed by atoms with Crippen molar-refractivity contribution in [1.29, 1.82) is 0 Å². The van der Waals surface area contributed by atoms with Crippen LogP contribution in [0.1, 0.15) is 32.6 Å². The largest absolute Gasteiger partial charge is 0.456 e. The third-order valence-corrected chi connectivity index (χ3v) is 5.91. The third kappa shape index (κ3) is 4.78. The molecular weight excluding hydrogens is 304 g/mol. The molecule has 0 aromatic rings. The first-order valence-corrected chi connectivity index (χ1v) is 9.48. The molecule has 2 saturated heterocycles. The molecule has 22 heavy (non-hydrogen) atoms. The molecule has 0 aromatic heterocycles. The molecule has 0 radical (unpaired) electrons. The number of ether oxygens (including phenoxy) is 1. The summed E-state index contributed by atoms with van der Waals surface area (Å²) in [6.45, 7) is 4.52. The number of piperidine rings is 2. The molecule has 6 nitrogen and oxygen atoms in total. The summed E-state index contributed by atoms with van der Waals surface area (Å²) in [7, 11) is -0.851. The predicted octanol–water partition coefficient (Wildman–Crippen LogP) is 0.794. The predicted molar refractivity (Wildman–Crippen MR) is 84.3 cm³/mol. The van der Waals surface area contributed by atoms with Gasteiger partial charge in [-0.1, -0.05) is 0 Å². The second kappa shape index (κ2) is 8.06. The lowest BCUT2D eigenvalue weighted by atomic mass is 9.79. The quantitative estimate of drug-likeness (QED) is 0.715. The maximum Gasteiger partial charge on any atom is 0.303 e. The van der Waals surface area contributed by atoms with Crippen molar-refractivity contribution in [1.82, 2.24) is 9.21 Å². The molecule has 2 fully saturated rings. The lowest BCUT2D eigenvalue weighted by Crippen LogP contribution is -2.44. The first-order valence-electron chi connectivity index (χ1n) is 7.97. The van der Waals surface area contributed by atoms with E-state index in [0.717, 1.165) is 51.9 Å². The summed E-state index contributed by atoms with van der Waals surface area (Å²) >= 11 is 0. The van der Waals surface area contributed by atoms with Gasteiger partial charge in [0.2, 0.25) is 0 Å². The molecule has 2 aliphatic heterocycles. The summed E-state index contributed by atoms with van der Waals surface area (Å²) < 4.78 is 18.3. The summed E-state index contributed by atoms with van der Waals surface area (Å²) in [6, 6.07) is 0. The fourth-order valence-electron chi connectivity index (χ4n) is 3.48. The summed E-state index contributed by atoms with van der Waals surface area (Å²) in [5.74, 6) is 0.837. The molecule has 2 aliphatic rings. The molecule has 0 N–H and O–H groups in total. The number of hydrogen-bond acceptors (Lipinski definition) is 4. The van der Waals surface area contributed by atoms with Gasteiger partial charge >= 0.3 is 5.97 Å². The zero-order valence-electron chi connectivity index (χ0n) is 13.5. The summed E-state index contributed by atoms with van der Waals surface area (Å²) in [4.78, 5) is 24.5. The van der Waals surface area contributed by atoms with Crippen LogP contribution in [0.5, 0.6) is 0 Å². The molecule has 1 atom stereocenters. The van der Waals surface area contributed by atoms with Crippen molar-refractivity contribution < 1.29 is 18.5 Å². The SMILES string of the molecule is CC(=O)OCC(=O)N1CCC(C2CCN(S(C)=O)CC2)CC1. The Morgan fingerprint density at radius 1 is 1.05 bits per heavy atom. The van der Waals surface area contributed by atoms with Gasteiger partial charge < -0.3 is 9.64 Å². The van der Waals surface area contributed by atoms with Crippen molar-refractivity contribution in [2.45, 2.75) is 32.6 Å². The van der Waals surface area contributed by atoms with E-state index in [0.29, 0.717) is 11.8 Å². The maximum absolute atomic E-state index is 11.9. The van der Waals surface area contributed by atoms with E-state index < -0.39 is 17.0 Å². The topological polar surface area (TPSA) is 66.9 Å². The maximum atomic E-state index is 11.9. The lowest BCUT2D eigenvalue weighted by molar-refractivity contribution is -0.151. The van der Waals surface area contributed by atoms with Crippen molar-refractivity contribution in [2.24, 2.45) is 11.8 Å². The number of nitrogens with zero attached hydrogens (tertiary/aromatic N) is 2. The van der Waals surface area contributed by atoms with Gasteiger partial charge in [-0.3, -0.25) is 9.59 Å². The number of rotatable bonds is 4. The Hall–Kier alpha value is -0.950. The van der Waals surface area contributed by atoms with Gasteiger partial charge in [0.25, 0.3) is 5.91 Å². The summed E-state index contributed by atoms with van der Waals surface area (Å²) in [5.41, 5.74) is 0.